The Balaban J connectivity index is 2.63. The molecule has 1 aromatic carbocycles. The summed E-state index contributed by atoms with van der Waals surface area (Å²) in [6.45, 7) is 8.53. The zero-order valence-electron chi connectivity index (χ0n) is 10.0. The minimum atomic E-state index is 0.321. The van der Waals surface area contributed by atoms with E-state index in [1.165, 1.54) is 5.56 Å². The van der Waals surface area contributed by atoms with Crippen LogP contribution in [0.2, 0.25) is 0 Å². The van der Waals surface area contributed by atoms with E-state index < -0.39 is 0 Å². The lowest BCUT2D eigenvalue weighted by atomic mass is 10.0. The van der Waals surface area contributed by atoms with E-state index >= 15 is 0 Å². The molecule has 0 amide bonds. The number of rotatable bonds is 2. The van der Waals surface area contributed by atoms with Crippen LogP contribution in [0.5, 0.6) is 0 Å². The molecule has 0 atom stereocenters. The molecule has 0 bridgehead atoms. The van der Waals surface area contributed by atoms with Gasteiger partial charge in [-0.3, -0.25) is 0 Å². The van der Waals surface area contributed by atoms with Crippen LogP contribution in [0.25, 0.3) is 11.1 Å². The van der Waals surface area contributed by atoms with Gasteiger partial charge >= 0.3 is 0 Å². The molecule has 0 saturated heterocycles. The number of benzene rings is 1. The molecule has 0 N–H and O–H groups in total. The second-order valence-corrected chi connectivity index (χ2v) is 5.57. The molecule has 1 heterocycles. The Morgan fingerprint density at radius 2 is 1.81 bits per heavy atom. The van der Waals surface area contributed by atoms with Crippen LogP contribution >= 0.6 is 15.9 Å². The summed E-state index contributed by atoms with van der Waals surface area (Å²) < 4.78 is 6.73. The summed E-state index contributed by atoms with van der Waals surface area (Å²) in [5.41, 5.74) is 3.08. The molecule has 2 rings (SSSR count). The van der Waals surface area contributed by atoms with Crippen LogP contribution in [-0.4, -0.2) is 4.98 Å². The molecule has 86 valence electrons. The number of hydrogen-bond donors (Lipinski definition) is 0. The van der Waals surface area contributed by atoms with Crippen molar-refractivity contribution in [1.29, 1.82) is 0 Å². The zero-order chi connectivity index (χ0) is 11.9. The van der Waals surface area contributed by atoms with Crippen LogP contribution in [0, 0.1) is 0 Å². The summed E-state index contributed by atoms with van der Waals surface area (Å²) >= 11 is 3.54. The van der Waals surface area contributed by atoms with Gasteiger partial charge < -0.3 is 4.42 Å². The van der Waals surface area contributed by atoms with Gasteiger partial charge in [-0.05, 0) is 39.5 Å². The fourth-order valence-corrected chi connectivity index (χ4v) is 2.16. The number of halogens is 1. The zero-order valence-corrected chi connectivity index (χ0v) is 11.6. The highest BCUT2D eigenvalue weighted by Gasteiger charge is 2.13. The Labute approximate surface area is 104 Å². The van der Waals surface area contributed by atoms with Gasteiger partial charge in [-0.25, -0.2) is 4.98 Å². The summed E-state index contributed by atoms with van der Waals surface area (Å²) in [5.74, 6) is 1.62. The molecule has 0 unspecified atom stereocenters. The second kappa shape index (κ2) is 4.21. The van der Waals surface area contributed by atoms with Gasteiger partial charge in [0.25, 0.3) is 0 Å². The van der Waals surface area contributed by atoms with E-state index in [-0.39, 0.29) is 0 Å². The minimum absolute atomic E-state index is 0.321. The predicted molar refractivity (Wildman–Crippen MR) is 69.9 cm³/mol. The Morgan fingerprint density at radius 1 is 1.12 bits per heavy atom. The first-order valence-corrected chi connectivity index (χ1v) is 6.38. The third-order valence-corrected chi connectivity index (χ3v) is 3.23. The highest BCUT2D eigenvalue weighted by molar-refractivity contribution is 9.10. The lowest BCUT2D eigenvalue weighted by molar-refractivity contribution is 0.500. The first-order valence-electron chi connectivity index (χ1n) is 5.59. The maximum atomic E-state index is 5.74. The molecule has 0 aliphatic carbocycles. The minimum Gasteiger partial charge on any atom is -0.439 e. The van der Waals surface area contributed by atoms with Crippen molar-refractivity contribution in [2.45, 2.75) is 39.5 Å². The van der Waals surface area contributed by atoms with Gasteiger partial charge in [0.1, 0.15) is 5.52 Å². The first-order chi connectivity index (χ1) is 7.49. The van der Waals surface area contributed by atoms with Crippen molar-refractivity contribution in [3.8, 4) is 0 Å². The molecule has 3 heteroatoms. The third kappa shape index (κ3) is 2.01. The molecular formula is C13H16BrNO. The van der Waals surface area contributed by atoms with Gasteiger partial charge in [0.2, 0.25) is 0 Å². The number of oxazole rings is 1. The average Bonchev–Trinajstić information content (AvgIpc) is 2.61. The molecule has 2 nitrogen and oxygen atoms in total. The maximum Gasteiger partial charge on any atom is 0.198 e. The van der Waals surface area contributed by atoms with Gasteiger partial charge in [0.15, 0.2) is 11.5 Å². The van der Waals surface area contributed by atoms with Crippen LogP contribution in [0.3, 0.4) is 0 Å². The monoisotopic (exact) mass is 281 g/mol. The summed E-state index contributed by atoms with van der Waals surface area (Å²) in [6.07, 6.45) is 0. The van der Waals surface area contributed by atoms with Crippen molar-refractivity contribution in [2.75, 3.05) is 0 Å². The SMILES string of the molecule is CC(C)c1cc(Br)c2oc(C(C)C)nc2c1. The first kappa shape index (κ1) is 11.6. The highest BCUT2D eigenvalue weighted by atomic mass is 79.9. The summed E-state index contributed by atoms with van der Waals surface area (Å²) in [5, 5.41) is 0. The van der Waals surface area contributed by atoms with Gasteiger partial charge in [0, 0.05) is 5.92 Å². The Kier molecular flexibility index (Phi) is 3.06. The van der Waals surface area contributed by atoms with Crippen molar-refractivity contribution in [3.05, 3.63) is 28.1 Å². The standard InChI is InChI=1S/C13H16BrNO/c1-7(2)9-5-10(14)12-11(6-9)15-13(16-12)8(3)4/h5-8H,1-4H3. The molecular weight excluding hydrogens is 266 g/mol. The predicted octanol–water partition coefficient (Wildman–Crippen LogP) is 4.84. The van der Waals surface area contributed by atoms with Crippen molar-refractivity contribution < 1.29 is 4.42 Å². The van der Waals surface area contributed by atoms with Gasteiger partial charge in [-0.1, -0.05) is 27.7 Å². The van der Waals surface area contributed by atoms with Crippen molar-refractivity contribution in [1.82, 2.24) is 4.98 Å². The fraction of sp³-hybridized carbons (Fsp3) is 0.462. The molecule has 0 radical (unpaired) electrons. The van der Waals surface area contributed by atoms with Crippen molar-refractivity contribution in [3.63, 3.8) is 0 Å². The topological polar surface area (TPSA) is 26.0 Å². The number of hydrogen-bond acceptors (Lipinski definition) is 2. The van der Waals surface area contributed by atoms with Crippen molar-refractivity contribution >= 4 is 27.0 Å². The second-order valence-electron chi connectivity index (χ2n) is 4.71. The van der Waals surface area contributed by atoms with E-state index in [1.807, 2.05) is 0 Å². The lowest BCUT2D eigenvalue weighted by Crippen LogP contribution is -1.87. The van der Waals surface area contributed by atoms with Crippen LogP contribution in [-0.2, 0) is 0 Å². The van der Waals surface area contributed by atoms with Crippen LogP contribution in [0.1, 0.15) is 51.0 Å². The lowest BCUT2D eigenvalue weighted by Gasteiger charge is -2.04. The molecule has 16 heavy (non-hydrogen) atoms. The summed E-state index contributed by atoms with van der Waals surface area (Å²) in [6, 6.07) is 4.22. The van der Waals surface area contributed by atoms with E-state index in [0.29, 0.717) is 11.8 Å². The fourth-order valence-electron chi connectivity index (χ4n) is 1.61. The third-order valence-electron chi connectivity index (χ3n) is 2.64. The summed E-state index contributed by atoms with van der Waals surface area (Å²) in [4.78, 5) is 4.52. The molecule has 1 aromatic heterocycles. The highest BCUT2D eigenvalue weighted by Crippen LogP contribution is 2.31. The molecule has 0 spiro atoms. The van der Waals surface area contributed by atoms with Gasteiger partial charge in [-0.15, -0.1) is 0 Å². The molecule has 0 aliphatic rings. The molecule has 0 saturated carbocycles. The van der Waals surface area contributed by atoms with E-state index in [9.17, 15) is 0 Å². The van der Waals surface area contributed by atoms with Crippen LogP contribution in [0.4, 0.5) is 0 Å². The number of aromatic nitrogens is 1. The van der Waals surface area contributed by atoms with Crippen molar-refractivity contribution in [2.24, 2.45) is 0 Å². The average molecular weight is 282 g/mol. The Hall–Kier alpha value is -0.830. The largest absolute Gasteiger partial charge is 0.439 e. The van der Waals surface area contributed by atoms with Gasteiger partial charge in [0.05, 0.1) is 4.47 Å². The van der Waals surface area contributed by atoms with E-state index in [0.717, 1.165) is 21.5 Å². The molecule has 0 aliphatic heterocycles. The molecule has 2 aromatic rings. The van der Waals surface area contributed by atoms with Gasteiger partial charge in [-0.2, -0.15) is 0 Å². The van der Waals surface area contributed by atoms with E-state index in [1.54, 1.807) is 0 Å². The smallest absolute Gasteiger partial charge is 0.198 e. The van der Waals surface area contributed by atoms with Crippen LogP contribution < -0.4 is 0 Å². The quantitative estimate of drug-likeness (QED) is 0.788. The Morgan fingerprint density at radius 3 is 2.38 bits per heavy atom. The number of nitrogens with zero attached hydrogens (tertiary/aromatic N) is 1. The normalized spacial score (nSPS) is 11.9. The number of fused-ring (bicyclic) bond motifs is 1. The maximum absolute atomic E-state index is 5.74. The van der Waals surface area contributed by atoms with Crippen LogP contribution in [0.15, 0.2) is 21.0 Å². The molecule has 0 fully saturated rings. The van der Waals surface area contributed by atoms with E-state index in [2.05, 4.69) is 60.7 Å². The Bertz CT molecular complexity index is 514. The summed E-state index contributed by atoms with van der Waals surface area (Å²) in [7, 11) is 0. The van der Waals surface area contributed by atoms with E-state index in [4.69, 9.17) is 4.42 Å².